The van der Waals surface area contributed by atoms with Gasteiger partial charge in [-0.2, -0.15) is 0 Å². The molecule has 0 aliphatic heterocycles. The molecule has 0 amide bonds. The topological polar surface area (TPSA) is 8.17 Å². The van der Waals surface area contributed by atoms with Crippen molar-refractivity contribution in [3.8, 4) is 16.8 Å². The SMILES string of the molecule is Cc1ccc2c(c1)c1cc(N(c3ccccc3)c3ccc(-c4ccccc4)cc3)ccc1n2-c1ccc2ccccc2c1. The predicted molar refractivity (Wildman–Crippen MR) is 183 cm³/mol. The molecule has 2 heteroatoms. The fourth-order valence-electron chi connectivity index (χ4n) is 6.32. The Morgan fingerprint density at radius 3 is 1.77 bits per heavy atom. The second-order valence-corrected chi connectivity index (χ2v) is 11.2. The Morgan fingerprint density at radius 2 is 1.00 bits per heavy atom. The average molecular weight is 551 g/mol. The minimum atomic E-state index is 1.12. The molecule has 0 N–H and O–H groups in total. The standard InChI is InChI=1S/C41H30N2/c1-29-16-24-40-38(26-29)39-28-37(23-25-41(39)43(40)36-22-19-31-12-8-9-13-33(31)27-36)42(34-14-6-3-7-15-34)35-20-17-32(18-21-35)30-10-4-2-5-11-30/h2-28H,1H3. The van der Waals surface area contributed by atoms with E-state index in [1.807, 2.05) is 0 Å². The Bertz CT molecular complexity index is 2230. The molecule has 0 aliphatic rings. The van der Waals surface area contributed by atoms with Gasteiger partial charge in [-0.1, -0.05) is 103 Å². The second-order valence-electron chi connectivity index (χ2n) is 11.2. The van der Waals surface area contributed by atoms with Gasteiger partial charge < -0.3 is 9.47 Å². The van der Waals surface area contributed by atoms with Gasteiger partial charge in [0.25, 0.3) is 0 Å². The number of aromatic nitrogens is 1. The Morgan fingerprint density at radius 1 is 0.419 bits per heavy atom. The molecular formula is C41H30N2. The molecule has 43 heavy (non-hydrogen) atoms. The molecule has 1 heterocycles. The van der Waals surface area contributed by atoms with Crippen molar-refractivity contribution < 1.29 is 0 Å². The first-order chi connectivity index (χ1) is 21.2. The first-order valence-corrected chi connectivity index (χ1v) is 14.8. The fraction of sp³-hybridized carbons (Fsp3) is 0.0244. The lowest BCUT2D eigenvalue weighted by Gasteiger charge is -2.26. The first kappa shape index (κ1) is 25.1. The van der Waals surface area contributed by atoms with E-state index in [0.717, 1.165) is 17.1 Å². The molecule has 0 unspecified atom stereocenters. The van der Waals surface area contributed by atoms with Crippen molar-refractivity contribution in [3.05, 3.63) is 169 Å². The highest BCUT2D eigenvalue weighted by atomic mass is 15.1. The van der Waals surface area contributed by atoms with E-state index in [0.29, 0.717) is 0 Å². The van der Waals surface area contributed by atoms with E-state index >= 15 is 0 Å². The smallest absolute Gasteiger partial charge is 0.0542 e. The van der Waals surface area contributed by atoms with Gasteiger partial charge in [0.15, 0.2) is 0 Å². The Kier molecular flexibility index (Phi) is 6.05. The quantitative estimate of drug-likeness (QED) is 0.207. The summed E-state index contributed by atoms with van der Waals surface area (Å²) >= 11 is 0. The van der Waals surface area contributed by atoms with Gasteiger partial charge in [-0.25, -0.2) is 0 Å². The largest absolute Gasteiger partial charge is 0.310 e. The second kappa shape index (κ2) is 10.3. The van der Waals surface area contributed by atoms with E-state index in [2.05, 4.69) is 180 Å². The third-order valence-electron chi connectivity index (χ3n) is 8.40. The molecule has 0 spiro atoms. The van der Waals surface area contributed by atoms with E-state index in [-0.39, 0.29) is 0 Å². The highest BCUT2D eigenvalue weighted by Gasteiger charge is 2.18. The van der Waals surface area contributed by atoms with Crippen LogP contribution < -0.4 is 4.90 Å². The van der Waals surface area contributed by atoms with E-state index in [9.17, 15) is 0 Å². The third-order valence-corrected chi connectivity index (χ3v) is 8.40. The number of benzene rings is 7. The van der Waals surface area contributed by atoms with Crippen LogP contribution in [0.1, 0.15) is 5.56 Å². The van der Waals surface area contributed by atoms with E-state index in [4.69, 9.17) is 0 Å². The number of hydrogen-bond acceptors (Lipinski definition) is 1. The molecule has 0 atom stereocenters. The summed E-state index contributed by atoms with van der Waals surface area (Å²) in [6, 6.07) is 59.1. The highest BCUT2D eigenvalue weighted by Crippen LogP contribution is 2.40. The van der Waals surface area contributed by atoms with Crippen LogP contribution in [0, 0.1) is 6.92 Å². The lowest BCUT2D eigenvalue weighted by Crippen LogP contribution is -2.09. The molecule has 204 valence electrons. The molecule has 8 rings (SSSR count). The van der Waals surface area contributed by atoms with Gasteiger partial charge in [0.05, 0.1) is 11.0 Å². The molecule has 2 nitrogen and oxygen atoms in total. The summed E-state index contributed by atoms with van der Waals surface area (Å²) in [7, 11) is 0. The van der Waals surface area contributed by atoms with Crippen LogP contribution in [0.3, 0.4) is 0 Å². The zero-order valence-corrected chi connectivity index (χ0v) is 24.0. The molecule has 7 aromatic carbocycles. The Labute approximate surface area is 251 Å². The molecular weight excluding hydrogens is 520 g/mol. The number of fused-ring (bicyclic) bond motifs is 4. The average Bonchev–Trinajstić information content (AvgIpc) is 3.39. The van der Waals surface area contributed by atoms with Crippen LogP contribution in [-0.2, 0) is 0 Å². The monoisotopic (exact) mass is 550 g/mol. The van der Waals surface area contributed by atoms with Crippen LogP contribution >= 0.6 is 0 Å². The van der Waals surface area contributed by atoms with Crippen molar-refractivity contribution in [3.63, 3.8) is 0 Å². The zero-order valence-electron chi connectivity index (χ0n) is 24.0. The lowest BCUT2D eigenvalue weighted by atomic mass is 10.0. The van der Waals surface area contributed by atoms with Gasteiger partial charge in [-0.15, -0.1) is 0 Å². The van der Waals surface area contributed by atoms with Crippen LogP contribution in [0.25, 0.3) is 49.4 Å². The molecule has 0 saturated heterocycles. The molecule has 1 aromatic heterocycles. The van der Waals surface area contributed by atoms with E-state index in [1.165, 1.54) is 55.0 Å². The molecule has 0 saturated carbocycles. The zero-order chi connectivity index (χ0) is 28.8. The van der Waals surface area contributed by atoms with Crippen molar-refractivity contribution in [2.75, 3.05) is 4.90 Å². The van der Waals surface area contributed by atoms with Crippen molar-refractivity contribution in [2.45, 2.75) is 6.92 Å². The van der Waals surface area contributed by atoms with E-state index < -0.39 is 0 Å². The summed E-state index contributed by atoms with van der Waals surface area (Å²) in [6.07, 6.45) is 0. The van der Waals surface area contributed by atoms with Crippen molar-refractivity contribution >= 4 is 49.6 Å². The molecule has 0 radical (unpaired) electrons. The third kappa shape index (κ3) is 4.45. The van der Waals surface area contributed by atoms with Gasteiger partial charge in [-0.05, 0) is 95.6 Å². The summed E-state index contributed by atoms with van der Waals surface area (Å²) in [5, 5.41) is 5.00. The van der Waals surface area contributed by atoms with Crippen LogP contribution in [0.2, 0.25) is 0 Å². The van der Waals surface area contributed by atoms with Crippen LogP contribution in [0.5, 0.6) is 0 Å². The molecule has 8 aromatic rings. The summed E-state index contributed by atoms with van der Waals surface area (Å²) in [4.78, 5) is 2.35. The van der Waals surface area contributed by atoms with Gasteiger partial charge in [0.2, 0.25) is 0 Å². The number of anilines is 3. The normalized spacial score (nSPS) is 11.4. The fourth-order valence-corrected chi connectivity index (χ4v) is 6.32. The summed E-state index contributed by atoms with van der Waals surface area (Å²) < 4.78 is 2.40. The summed E-state index contributed by atoms with van der Waals surface area (Å²) in [6.45, 7) is 2.17. The number of para-hydroxylation sites is 1. The number of aryl methyl sites for hydroxylation is 1. The van der Waals surface area contributed by atoms with E-state index in [1.54, 1.807) is 0 Å². The van der Waals surface area contributed by atoms with Crippen molar-refractivity contribution in [1.29, 1.82) is 0 Å². The van der Waals surface area contributed by atoms with Crippen LogP contribution in [-0.4, -0.2) is 4.57 Å². The minimum absolute atomic E-state index is 1.12. The maximum atomic E-state index is 2.40. The Hall–Kier alpha value is -5.60. The lowest BCUT2D eigenvalue weighted by molar-refractivity contribution is 1.18. The summed E-state index contributed by atoms with van der Waals surface area (Å²) in [5.41, 5.74) is 10.7. The maximum Gasteiger partial charge on any atom is 0.0542 e. The molecule has 0 aliphatic carbocycles. The van der Waals surface area contributed by atoms with Crippen molar-refractivity contribution in [1.82, 2.24) is 4.57 Å². The molecule has 0 bridgehead atoms. The van der Waals surface area contributed by atoms with Gasteiger partial charge in [0, 0.05) is 33.5 Å². The number of rotatable bonds is 5. The Balaban J connectivity index is 1.32. The van der Waals surface area contributed by atoms with Gasteiger partial charge in [-0.3, -0.25) is 0 Å². The van der Waals surface area contributed by atoms with Gasteiger partial charge in [0.1, 0.15) is 0 Å². The van der Waals surface area contributed by atoms with Crippen LogP contribution in [0.4, 0.5) is 17.1 Å². The number of nitrogens with zero attached hydrogens (tertiary/aromatic N) is 2. The first-order valence-electron chi connectivity index (χ1n) is 14.8. The minimum Gasteiger partial charge on any atom is -0.310 e. The highest BCUT2D eigenvalue weighted by molar-refractivity contribution is 6.11. The predicted octanol–water partition coefficient (Wildman–Crippen LogP) is 11.4. The van der Waals surface area contributed by atoms with Gasteiger partial charge >= 0.3 is 0 Å². The van der Waals surface area contributed by atoms with Crippen molar-refractivity contribution in [2.24, 2.45) is 0 Å². The summed E-state index contributed by atoms with van der Waals surface area (Å²) in [5.74, 6) is 0. The number of hydrogen-bond donors (Lipinski definition) is 0. The van der Waals surface area contributed by atoms with Crippen LogP contribution in [0.15, 0.2) is 164 Å². The molecule has 0 fully saturated rings. The maximum absolute atomic E-state index is 2.40.